The van der Waals surface area contributed by atoms with Crippen molar-refractivity contribution in [1.29, 1.82) is 0 Å². The average Bonchev–Trinajstić information content (AvgIpc) is 2.63. The van der Waals surface area contributed by atoms with Crippen molar-refractivity contribution < 1.29 is 9.90 Å². The molecule has 0 saturated heterocycles. The Balaban J connectivity index is 0.000000240. The number of unbranched alkanes of at least 4 members (excludes halogenated alkanes) is 6. The molecule has 0 aliphatic heterocycles. The molecule has 24 heavy (non-hydrogen) atoms. The van der Waals surface area contributed by atoms with Crippen LogP contribution in [0, 0.1) is 0 Å². The lowest BCUT2D eigenvalue weighted by atomic mass is 10.1. The molecule has 2 aromatic rings. The van der Waals surface area contributed by atoms with E-state index in [4.69, 9.17) is 5.11 Å². The molecule has 0 atom stereocenters. The summed E-state index contributed by atoms with van der Waals surface area (Å²) < 4.78 is 0. The first-order valence-electron chi connectivity index (χ1n) is 9.06. The first-order chi connectivity index (χ1) is 11.7. The number of carboxylic acid groups (broad SMARTS) is 1. The highest BCUT2D eigenvalue weighted by atomic mass is 16.4. The minimum absolute atomic E-state index is 0.341. The second-order valence-corrected chi connectivity index (χ2v) is 6.00. The van der Waals surface area contributed by atoms with Crippen molar-refractivity contribution in [2.75, 3.05) is 0 Å². The van der Waals surface area contributed by atoms with E-state index in [1.54, 1.807) is 0 Å². The molecule has 0 amide bonds. The first kappa shape index (κ1) is 20.0. The van der Waals surface area contributed by atoms with Crippen LogP contribution in [-0.4, -0.2) is 11.1 Å². The number of aliphatic carboxylic acids is 1. The molecule has 0 bridgehead atoms. The highest BCUT2D eigenvalue weighted by molar-refractivity contribution is 5.66. The van der Waals surface area contributed by atoms with Crippen LogP contribution in [0.15, 0.2) is 60.7 Å². The van der Waals surface area contributed by atoms with Gasteiger partial charge in [0.15, 0.2) is 0 Å². The van der Waals surface area contributed by atoms with Crippen molar-refractivity contribution in [3.05, 3.63) is 60.7 Å². The summed E-state index contributed by atoms with van der Waals surface area (Å²) in [5, 5.41) is 8.35. The molecule has 2 rings (SSSR count). The third-order valence-corrected chi connectivity index (χ3v) is 3.88. The summed E-state index contributed by atoms with van der Waals surface area (Å²) in [5.41, 5.74) is 2.55. The van der Waals surface area contributed by atoms with Gasteiger partial charge in [0.1, 0.15) is 0 Å². The molecule has 0 aromatic heterocycles. The number of carbonyl (C=O) groups is 1. The van der Waals surface area contributed by atoms with Gasteiger partial charge in [0.05, 0.1) is 0 Å². The second kappa shape index (κ2) is 13.4. The van der Waals surface area contributed by atoms with Gasteiger partial charge in [-0.25, -0.2) is 0 Å². The van der Waals surface area contributed by atoms with Gasteiger partial charge in [0.25, 0.3) is 0 Å². The van der Waals surface area contributed by atoms with Gasteiger partial charge in [-0.15, -0.1) is 0 Å². The van der Waals surface area contributed by atoms with Crippen molar-refractivity contribution in [2.45, 2.75) is 58.3 Å². The van der Waals surface area contributed by atoms with Crippen LogP contribution in [-0.2, 0) is 4.79 Å². The standard InChI is InChI=1S/C12H10.C10H20O2/c1-3-7-11(8-4-1)12-9-5-2-6-10-12;1-2-3-4-5-6-7-8-9-10(11)12/h1-10H;2-9H2,1H3,(H,11,12). The zero-order chi connectivity index (χ0) is 17.5. The van der Waals surface area contributed by atoms with Crippen molar-refractivity contribution in [2.24, 2.45) is 0 Å². The molecule has 0 unspecified atom stereocenters. The van der Waals surface area contributed by atoms with Crippen LogP contribution in [0.4, 0.5) is 0 Å². The normalized spacial score (nSPS) is 9.88. The third kappa shape index (κ3) is 9.83. The van der Waals surface area contributed by atoms with Gasteiger partial charge in [-0.3, -0.25) is 4.79 Å². The first-order valence-corrected chi connectivity index (χ1v) is 9.06. The topological polar surface area (TPSA) is 37.3 Å². The smallest absolute Gasteiger partial charge is 0.303 e. The van der Waals surface area contributed by atoms with Crippen molar-refractivity contribution in [3.8, 4) is 11.1 Å². The van der Waals surface area contributed by atoms with Crippen LogP contribution in [0.3, 0.4) is 0 Å². The predicted molar refractivity (Wildman–Crippen MR) is 102 cm³/mol. The van der Waals surface area contributed by atoms with Gasteiger partial charge in [-0.2, -0.15) is 0 Å². The Labute approximate surface area is 146 Å². The van der Waals surface area contributed by atoms with E-state index in [-0.39, 0.29) is 0 Å². The highest BCUT2D eigenvalue weighted by Crippen LogP contribution is 2.17. The van der Waals surface area contributed by atoms with Crippen LogP contribution in [0.2, 0.25) is 0 Å². The maximum absolute atomic E-state index is 10.1. The Morgan fingerprint density at radius 1 is 0.708 bits per heavy atom. The summed E-state index contributed by atoms with van der Waals surface area (Å²) in [6, 6.07) is 20.8. The monoisotopic (exact) mass is 326 g/mol. The zero-order valence-electron chi connectivity index (χ0n) is 14.8. The molecule has 0 aliphatic carbocycles. The summed E-state index contributed by atoms with van der Waals surface area (Å²) in [5.74, 6) is -0.663. The zero-order valence-corrected chi connectivity index (χ0v) is 14.8. The molecule has 130 valence electrons. The Morgan fingerprint density at radius 2 is 1.12 bits per heavy atom. The highest BCUT2D eigenvalue weighted by Gasteiger charge is 1.95. The summed E-state index contributed by atoms with van der Waals surface area (Å²) in [7, 11) is 0. The van der Waals surface area contributed by atoms with Crippen molar-refractivity contribution in [3.63, 3.8) is 0 Å². The van der Waals surface area contributed by atoms with Crippen LogP contribution in [0.25, 0.3) is 11.1 Å². The van der Waals surface area contributed by atoms with Crippen LogP contribution >= 0.6 is 0 Å². The molecular formula is C22H30O2. The van der Waals surface area contributed by atoms with Gasteiger partial charge in [-0.05, 0) is 17.5 Å². The molecule has 2 heteroatoms. The Kier molecular flexibility index (Phi) is 11.1. The van der Waals surface area contributed by atoms with E-state index in [9.17, 15) is 4.79 Å². The van der Waals surface area contributed by atoms with Crippen molar-refractivity contribution in [1.82, 2.24) is 0 Å². The lowest BCUT2D eigenvalue weighted by molar-refractivity contribution is -0.137. The lowest BCUT2D eigenvalue weighted by Gasteiger charge is -1.98. The molecule has 0 heterocycles. The van der Waals surface area contributed by atoms with Crippen LogP contribution in [0.1, 0.15) is 58.3 Å². The minimum Gasteiger partial charge on any atom is -0.481 e. The van der Waals surface area contributed by atoms with Gasteiger partial charge in [0.2, 0.25) is 0 Å². The van der Waals surface area contributed by atoms with Gasteiger partial charge < -0.3 is 5.11 Å². The van der Waals surface area contributed by atoms with Crippen LogP contribution in [0.5, 0.6) is 0 Å². The van der Waals surface area contributed by atoms with E-state index in [1.165, 1.54) is 43.2 Å². The Morgan fingerprint density at radius 3 is 1.54 bits per heavy atom. The second-order valence-electron chi connectivity index (χ2n) is 6.00. The fourth-order valence-electron chi connectivity index (χ4n) is 2.49. The lowest BCUT2D eigenvalue weighted by Crippen LogP contribution is -1.93. The molecule has 0 spiro atoms. The van der Waals surface area contributed by atoms with Gasteiger partial charge >= 0.3 is 5.97 Å². The fourth-order valence-corrected chi connectivity index (χ4v) is 2.49. The quantitative estimate of drug-likeness (QED) is 0.529. The summed E-state index contributed by atoms with van der Waals surface area (Å²) in [6.07, 6.45) is 8.64. The summed E-state index contributed by atoms with van der Waals surface area (Å²) in [4.78, 5) is 10.1. The minimum atomic E-state index is -0.663. The number of hydrogen-bond donors (Lipinski definition) is 1. The molecule has 0 radical (unpaired) electrons. The molecule has 0 aliphatic rings. The number of rotatable bonds is 9. The molecule has 0 fully saturated rings. The number of benzene rings is 2. The van der Waals surface area contributed by atoms with E-state index in [2.05, 4.69) is 55.5 Å². The van der Waals surface area contributed by atoms with E-state index < -0.39 is 5.97 Å². The van der Waals surface area contributed by atoms with E-state index in [0.717, 1.165) is 12.8 Å². The maximum atomic E-state index is 10.1. The molecule has 2 aromatic carbocycles. The Bertz CT molecular complexity index is 497. The molecule has 0 saturated carbocycles. The van der Waals surface area contributed by atoms with Crippen LogP contribution < -0.4 is 0 Å². The molecule has 2 nitrogen and oxygen atoms in total. The van der Waals surface area contributed by atoms with E-state index >= 15 is 0 Å². The summed E-state index contributed by atoms with van der Waals surface area (Å²) in [6.45, 7) is 2.20. The summed E-state index contributed by atoms with van der Waals surface area (Å²) >= 11 is 0. The molecule has 1 N–H and O–H groups in total. The Hall–Kier alpha value is -2.09. The van der Waals surface area contributed by atoms with Gasteiger partial charge in [-0.1, -0.05) is 106 Å². The van der Waals surface area contributed by atoms with E-state index in [0.29, 0.717) is 6.42 Å². The van der Waals surface area contributed by atoms with Crippen molar-refractivity contribution >= 4 is 5.97 Å². The SMILES string of the molecule is CCCCCCCCCC(=O)O.c1ccc(-c2ccccc2)cc1. The third-order valence-electron chi connectivity index (χ3n) is 3.88. The largest absolute Gasteiger partial charge is 0.481 e. The van der Waals surface area contributed by atoms with E-state index in [1.807, 2.05) is 12.1 Å². The fraction of sp³-hybridized carbons (Fsp3) is 0.409. The predicted octanol–water partition coefficient (Wildman–Crippen LogP) is 6.57. The average molecular weight is 326 g/mol. The molecular weight excluding hydrogens is 296 g/mol. The maximum Gasteiger partial charge on any atom is 0.303 e. The number of hydrogen-bond acceptors (Lipinski definition) is 1. The number of carboxylic acids is 1. The van der Waals surface area contributed by atoms with Gasteiger partial charge in [0, 0.05) is 6.42 Å².